The van der Waals surface area contributed by atoms with Crippen molar-refractivity contribution in [3.8, 4) is 11.5 Å². The first-order chi connectivity index (χ1) is 11.2. The van der Waals surface area contributed by atoms with Crippen molar-refractivity contribution in [3.63, 3.8) is 0 Å². The highest BCUT2D eigenvalue weighted by molar-refractivity contribution is 9.10. The summed E-state index contributed by atoms with van der Waals surface area (Å²) in [6.07, 6.45) is 2.42. The van der Waals surface area contributed by atoms with Crippen LogP contribution in [0.4, 0.5) is 0 Å². The Bertz CT molecular complexity index is 563. The molecule has 0 amide bonds. The molecule has 1 fully saturated rings. The first-order valence-electron chi connectivity index (χ1n) is 7.89. The largest absolute Gasteiger partial charge is 0.496 e. The van der Waals surface area contributed by atoms with Gasteiger partial charge >= 0.3 is 0 Å². The van der Waals surface area contributed by atoms with Gasteiger partial charge < -0.3 is 14.2 Å². The number of halogens is 1. The summed E-state index contributed by atoms with van der Waals surface area (Å²) in [5, 5.41) is 0. The van der Waals surface area contributed by atoms with E-state index in [1.165, 1.54) is 12.8 Å². The summed E-state index contributed by atoms with van der Waals surface area (Å²) in [6.45, 7) is 5.13. The first-order valence-corrected chi connectivity index (χ1v) is 8.68. The third-order valence-electron chi connectivity index (χ3n) is 4.25. The average Bonchev–Trinajstić information content (AvgIpc) is 3.03. The van der Waals surface area contributed by atoms with Gasteiger partial charge in [-0.2, -0.15) is 0 Å². The molecule has 1 unspecified atom stereocenters. The lowest BCUT2D eigenvalue weighted by molar-refractivity contribution is 0.271. The maximum Gasteiger partial charge on any atom is 0.223 e. The van der Waals surface area contributed by atoms with Gasteiger partial charge in [0.2, 0.25) is 5.90 Å². The summed E-state index contributed by atoms with van der Waals surface area (Å²) in [5.41, 5.74) is 0.743. The highest BCUT2D eigenvalue weighted by Crippen LogP contribution is 2.36. The first kappa shape index (κ1) is 18.1. The molecule has 23 heavy (non-hydrogen) atoms. The zero-order valence-electron chi connectivity index (χ0n) is 14.3. The van der Waals surface area contributed by atoms with Crippen molar-refractivity contribution in [2.45, 2.75) is 25.8 Å². The highest BCUT2D eigenvalue weighted by atomic mass is 79.9. The van der Waals surface area contributed by atoms with E-state index in [2.05, 4.69) is 27.8 Å². The number of methoxy groups -OCH3 is 3. The monoisotopic (exact) mass is 384 g/mol. The number of hydrogen-bond acceptors (Lipinski definition) is 5. The Morgan fingerprint density at radius 3 is 2.70 bits per heavy atom. The number of nitrogens with zero attached hydrogens (tertiary/aromatic N) is 2. The second-order valence-corrected chi connectivity index (χ2v) is 6.29. The number of hydrogen-bond donors (Lipinski definition) is 0. The molecule has 0 saturated carbocycles. The molecule has 0 aliphatic carbocycles. The molecule has 5 nitrogen and oxygen atoms in total. The van der Waals surface area contributed by atoms with Crippen LogP contribution >= 0.6 is 15.9 Å². The van der Waals surface area contributed by atoms with Crippen molar-refractivity contribution >= 4 is 21.8 Å². The molecule has 0 bridgehead atoms. The molecule has 1 aromatic rings. The molecule has 1 aliphatic rings. The van der Waals surface area contributed by atoms with Gasteiger partial charge in [0.25, 0.3) is 0 Å². The number of likely N-dealkylation sites (tertiary alicyclic amines) is 1. The van der Waals surface area contributed by atoms with E-state index in [0.717, 1.165) is 29.7 Å². The summed E-state index contributed by atoms with van der Waals surface area (Å²) < 4.78 is 17.4. The molecule has 6 heteroatoms. The van der Waals surface area contributed by atoms with Crippen molar-refractivity contribution in [1.82, 2.24) is 4.90 Å². The Kier molecular flexibility index (Phi) is 6.72. The number of aliphatic imine (C=N–C) groups is 1. The fourth-order valence-electron chi connectivity index (χ4n) is 3.06. The molecule has 0 radical (unpaired) electrons. The van der Waals surface area contributed by atoms with Crippen LogP contribution in [-0.2, 0) is 4.74 Å². The van der Waals surface area contributed by atoms with Gasteiger partial charge in [-0.15, -0.1) is 0 Å². The zero-order chi connectivity index (χ0) is 16.8. The minimum atomic E-state index is 0.481. The molecule has 0 aromatic heterocycles. The molecule has 0 spiro atoms. The minimum Gasteiger partial charge on any atom is -0.496 e. The Hall–Kier alpha value is -1.27. The van der Waals surface area contributed by atoms with Gasteiger partial charge in [0.05, 0.1) is 32.3 Å². The lowest BCUT2D eigenvalue weighted by Crippen LogP contribution is -2.31. The summed E-state index contributed by atoms with van der Waals surface area (Å²) in [4.78, 5) is 7.19. The fourth-order valence-corrected chi connectivity index (χ4v) is 3.56. The smallest absolute Gasteiger partial charge is 0.223 e. The van der Waals surface area contributed by atoms with Crippen molar-refractivity contribution in [2.75, 3.05) is 41.0 Å². The maximum atomic E-state index is 5.56. The van der Waals surface area contributed by atoms with Gasteiger partial charge in [0.1, 0.15) is 17.1 Å². The van der Waals surface area contributed by atoms with Crippen LogP contribution in [0.3, 0.4) is 0 Å². The van der Waals surface area contributed by atoms with E-state index >= 15 is 0 Å². The molecule has 1 saturated heterocycles. The van der Waals surface area contributed by atoms with E-state index in [9.17, 15) is 0 Å². The Balaban J connectivity index is 2.33. The SMILES string of the molecule is CCN1CCCC1C/N=C(\OC)c1c(OC)ccc(Br)c1OC. The Morgan fingerprint density at radius 2 is 2.09 bits per heavy atom. The van der Waals surface area contributed by atoms with Gasteiger partial charge in [-0.05, 0) is 54.0 Å². The van der Waals surface area contributed by atoms with Crippen molar-refractivity contribution in [2.24, 2.45) is 4.99 Å². The third-order valence-corrected chi connectivity index (χ3v) is 4.88. The molecule has 128 valence electrons. The summed E-state index contributed by atoms with van der Waals surface area (Å²) in [7, 11) is 4.90. The molecule has 0 N–H and O–H groups in total. The molecular weight excluding hydrogens is 360 g/mol. The van der Waals surface area contributed by atoms with Crippen LogP contribution in [0.2, 0.25) is 0 Å². The second-order valence-electron chi connectivity index (χ2n) is 5.43. The number of likely N-dealkylation sites (N-methyl/N-ethyl adjacent to an activating group) is 1. The third kappa shape index (κ3) is 3.98. The average molecular weight is 385 g/mol. The highest BCUT2D eigenvalue weighted by Gasteiger charge is 2.24. The maximum absolute atomic E-state index is 5.56. The molecular formula is C17H25BrN2O3. The molecule has 1 atom stereocenters. The molecule has 1 heterocycles. The van der Waals surface area contributed by atoms with Gasteiger partial charge in [0, 0.05) is 6.04 Å². The normalized spacial score (nSPS) is 19.0. The van der Waals surface area contributed by atoms with Gasteiger partial charge in [-0.3, -0.25) is 4.90 Å². The number of benzene rings is 1. The van der Waals surface area contributed by atoms with E-state index < -0.39 is 0 Å². The van der Waals surface area contributed by atoms with Crippen LogP contribution in [0.15, 0.2) is 21.6 Å². The van der Waals surface area contributed by atoms with Crippen LogP contribution in [0.25, 0.3) is 0 Å². The van der Waals surface area contributed by atoms with E-state index in [1.807, 2.05) is 12.1 Å². The van der Waals surface area contributed by atoms with Crippen LogP contribution in [0.5, 0.6) is 11.5 Å². The Labute approximate surface area is 146 Å². The van der Waals surface area contributed by atoms with Gasteiger partial charge in [-0.1, -0.05) is 6.92 Å². The number of ether oxygens (including phenoxy) is 3. The van der Waals surface area contributed by atoms with Crippen molar-refractivity contribution in [3.05, 3.63) is 22.2 Å². The van der Waals surface area contributed by atoms with Crippen molar-refractivity contribution < 1.29 is 14.2 Å². The minimum absolute atomic E-state index is 0.481. The summed E-state index contributed by atoms with van der Waals surface area (Å²) in [5.74, 6) is 1.90. The van der Waals surface area contributed by atoms with Gasteiger partial charge in [0.15, 0.2) is 0 Å². The molecule has 1 aromatic carbocycles. The second kappa shape index (κ2) is 8.55. The topological polar surface area (TPSA) is 43.3 Å². The molecule has 1 aliphatic heterocycles. The number of rotatable bonds is 6. The van der Waals surface area contributed by atoms with Crippen LogP contribution in [0.1, 0.15) is 25.3 Å². The standard InChI is InChI=1S/C17H25BrN2O3/c1-5-20-10-6-7-12(20)11-19-17(23-4)15-14(21-2)9-8-13(18)16(15)22-3/h8-9,12H,5-7,10-11H2,1-4H3/b19-17-. The lowest BCUT2D eigenvalue weighted by Gasteiger charge is -2.21. The van der Waals surface area contributed by atoms with E-state index in [0.29, 0.717) is 23.4 Å². The van der Waals surface area contributed by atoms with Gasteiger partial charge in [-0.25, -0.2) is 4.99 Å². The predicted octanol–water partition coefficient (Wildman–Crippen LogP) is 3.34. The quantitative estimate of drug-likeness (QED) is 0.557. The lowest BCUT2D eigenvalue weighted by atomic mass is 10.1. The van der Waals surface area contributed by atoms with Crippen LogP contribution in [0, 0.1) is 0 Å². The Morgan fingerprint density at radius 1 is 1.30 bits per heavy atom. The van der Waals surface area contributed by atoms with Crippen LogP contribution in [-0.4, -0.2) is 57.8 Å². The summed E-state index contributed by atoms with van der Waals surface area (Å²) >= 11 is 3.51. The zero-order valence-corrected chi connectivity index (χ0v) is 15.9. The van der Waals surface area contributed by atoms with E-state index in [1.54, 1.807) is 21.3 Å². The molecule has 2 rings (SSSR count). The van der Waals surface area contributed by atoms with Crippen molar-refractivity contribution in [1.29, 1.82) is 0 Å². The van der Waals surface area contributed by atoms with Crippen LogP contribution < -0.4 is 9.47 Å². The summed E-state index contributed by atoms with van der Waals surface area (Å²) in [6, 6.07) is 4.25. The van der Waals surface area contributed by atoms with E-state index in [-0.39, 0.29) is 0 Å². The van der Waals surface area contributed by atoms with E-state index in [4.69, 9.17) is 19.2 Å². The fraction of sp³-hybridized carbons (Fsp3) is 0.588. The predicted molar refractivity (Wildman–Crippen MR) is 95.9 cm³/mol.